The van der Waals surface area contributed by atoms with Gasteiger partial charge >= 0.3 is 6.09 Å². The second-order valence-electron chi connectivity index (χ2n) is 12.6. The Hall–Kier alpha value is -3.55. The fraction of sp³-hybridized carbons (Fsp3) is 0.559. The maximum absolute atomic E-state index is 14.7. The zero-order chi connectivity index (χ0) is 31.0. The number of amides is 3. The summed E-state index contributed by atoms with van der Waals surface area (Å²) in [7, 11) is 0. The molecule has 1 aliphatic rings. The van der Waals surface area contributed by atoms with Crippen molar-refractivity contribution in [3.63, 3.8) is 0 Å². The van der Waals surface area contributed by atoms with Gasteiger partial charge in [0, 0.05) is 18.5 Å². The summed E-state index contributed by atoms with van der Waals surface area (Å²) in [6, 6.07) is 10.3. The highest BCUT2D eigenvalue weighted by Gasteiger charge is 2.40. The van der Waals surface area contributed by atoms with Gasteiger partial charge < -0.3 is 25.4 Å². The Labute approximate surface area is 251 Å². The van der Waals surface area contributed by atoms with Crippen LogP contribution in [-0.4, -0.2) is 51.6 Å². The number of phenols is 1. The van der Waals surface area contributed by atoms with E-state index in [1.54, 1.807) is 49.9 Å². The minimum absolute atomic E-state index is 0.0698. The third kappa shape index (κ3) is 8.97. The molecular formula is C34H49N3O5. The summed E-state index contributed by atoms with van der Waals surface area (Å²) in [6.45, 7) is 13.2. The number of phenolic OH excluding ortho intramolecular Hbond substituents is 1. The zero-order valence-corrected chi connectivity index (χ0v) is 26.3. The number of rotatable bonds is 10. The first-order valence-electron chi connectivity index (χ1n) is 15.3. The number of hydrogen-bond donors (Lipinski definition) is 3. The molecule has 0 aromatic heterocycles. The van der Waals surface area contributed by atoms with Crippen molar-refractivity contribution in [2.45, 2.75) is 123 Å². The molecule has 1 aliphatic carbocycles. The summed E-state index contributed by atoms with van der Waals surface area (Å²) in [5.41, 5.74) is 2.76. The SMILES string of the molecule is CCC(C)N(C(=O)C(Cc1ccc(O)cc1)NC(=O)OC(C)(C)C)C(C(=O)NC1CCCCC1)c1cccc(C)c1C. The van der Waals surface area contributed by atoms with Crippen LogP contribution >= 0.6 is 0 Å². The van der Waals surface area contributed by atoms with Crippen LogP contribution < -0.4 is 10.6 Å². The second kappa shape index (κ2) is 14.6. The first kappa shape index (κ1) is 33.0. The number of alkyl carbamates (subject to hydrolysis) is 1. The fourth-order valence-corrected chi connectivity index (χ4v) is 5.51. The predicted molar refractivity (Wildman–Crippen MR) is 165 cm³/mol. The Balaban J connectivity index is 2.08. The third-order valence-electron chi connectivity index (χ3n) is 8.10. The summed E-state index contributed by atoms with van der Waals surface area (Å²) in [6.07, 6.45) is 5.22. The molecule has 0 spiro atoms. The lowest BCUT2D eigenvalue weighted by atomic mass is 9.91. The van der Waals surface area contributed by atoms with Crippen molar-refractivity contribution >= 4 is 17.9 Å². The predicted octanol–water partition coefficient (Wildman–Crippen LogP) is 6.26. The quantitative estimate of drug-likeness (QED) is 0.308. The average Bonchev–Trinajstić information content (AvgIpc) is 2.93. The standard InChI is InChI=1S/C34H49N3O5/c1-8-23(3)37(30(28-16-12-13-22(2)24(28)4)31(39)35-26-14-10-9-11-15-26)32(40)29(36-33(41)42-34(5,6)7)21-25-17-19-27(38)20-18-25/h12-13,16-20,23,26,29-30,38H,8-11,14-15,21H2,1-7H3,(H,35,39)(H,36,41). The van der Waals surface area contributed by atoms with E-state index in [9.17, 15) is 19.5 Å². The maximum Gasteiger partial charge on any atom is 0.408 e. The monoisotopic (exact) mass is 579 g/mol. The molecule has 1 saturated carbocycles. The molecule has 42 heavy (non-hydrogen) atoms. The summed E-state index contributed by atoms with van der Waals surface area (Å²) in [5.74, 6) is -0.463. The molecule has 3 atom stereocenters. The molecule has 3 N–H and O–H groups in total. The van der Waals surface area contributed by atoms with Gasteiger partial charge in [0.1, 0.15) is 23.4 Å². The van der Waals surface area contributed by atoms with Gasteiger partial charge in [0.15, 0.2) is 0 Å². The number of ether oxygens (including phenoxy) is 1. The Morgan fingerprint density at radius 3 is 2.26 bits per heavy atom. The second-order valence-corrected chi connectivity index (χ2v) is 12.6. The Morgan fingerprint density at radius 1 is 1.02 bits per heavy atom. The molecule has 3 rings (SSSR count). The molecule has 0 radical (unpaired) electrons. The largest absolute Gasteiger partial charge is 0.508 e. The number of aryl methyl sites for hydroxylation is 1. The van der Waals surface area contributed by atoms with E-state index >= 15 is 0 Å². The van der Waals surface area contributed by atoms with Crippen molar-refractivity contribution in [3.8, 4) is 5.75 Å². The first-order chi connectivity index (χ1) is 19.8. The van der Waals surface area contributed by atoms with Crippen LogP contribution in [0.25, 0.3) is 0 Å². The lowest BCUT2D eigenvalue weighted by Crippen LogP contribution is -2.57. The molecule has 0 saturated heterocycles. The topological polar surface area (TPSA) is 108 Å². The third-order valence-corrected chi connectivity index (χ3v) is 8.10. The van der Waals surface area contributed by atoms with Crippen LogP contribution in [0.4, 0.5) is 4.79 Å². The number of hydrogen-bond acceptors (Lipinski definition) is 5. The highest BCUT2D eigenvalue weighted by molar-refractivity contribution is 5.93. The number of nitrogens with one attached hydrogen (secondary N) is 2. The van der Waals surface area contributed by atoms with Gasteiger partial charge in [-0.15, -0.1) is 0 Å². The van der Waals surface area contributed by atoms with E-state index in [1.165, 1.54) is 6.42 Å². The van der Waals surface area contributed by atoms with Gasteiger partial charge in [-0.05, 0) is 95.2 Å². The van der Waals surface area contributed by atoms with E-state index < -0.39 is 23.8 Å². The van der Waals surface area contributed by atoms with E-state index in [2.05, 4.69) is 10.6 Å². The zero-order valence-electron chi connectivity index (χ0n) is 26.3. The molecule has 3 unspecified atom stereocenters. The van der Waals surface area contributed by atoms with Gasteiger partial charge in [0.05, 0.1) is 0 Å². The number of carbonyl (C=O) groups is 3. The van der Waals surface area contributed by atoms with E-state index in [1.807, 2.05) is 45.9 Å². The molecule has 0 heterocycles. The molecule has 1 fully saturated rings. The number of benzene rings is 2. The van der Waals surface area contributed by atoms with Crippen molar-refractivity contribution < 1.29 is 24.2 Å². The first-order valence-corrected chi connectivity index (χ1v) is 15.3. The van der Waals surface area contributed by atoms with Crippen LogP contribution in [0.3, 0.4) is 0 Å². The van der Waals surface area contributed by atoms with E-state index in [0.717, 1.165) is 47.9 Å². The molecular weight excluding hydrogens is 530 g/mol. The molecule has 8 nitrogen and oxygen atoms in total. The lowest BCUT2D eigenvalue weighted by Gasteiger charge is -2.39. The minimum Gasteiger partial charge on any atom is -0.508 e. The number of carbonyl (C=O) groups excluding carboxylic acids is 3. The van der Waals surface area contributed by atoms with Gasteiger partial charge in [-0.25, -0.2) is 4.79 Å². The van der Waals surface area contributed by atoms with Crippen LogP contribution in [0.5, 0.6) is 5.75 Å². The van der Waals surface area contributed by atoms with E-state index in [4.69, 9.17) is 4.74 Å². The Morgan fingerprint density at radius 2 is 1.67 bits per heavy atom. The van der Waals surface area contributed by atoms with Gasteiger partial charge in [-0.1, -0.05) is 56.5 Å². The fourth-order valence-electron chi connectivity index (χ4n) is 5.51. The van der Waals surface area contributed by atoms with Gasteiger partial charge in [-0.3, -0.25) is 9.59 Å². The van der Waals surface area contributed by atoms with Crippen molar-refractivity contribution in [1.82, 2.24) is 15.5 Å². The van der Waals surface area contributed by atoms with Crippen LogP contribution in [0, 0.1) is 13.8 Å². The van der Waals surface area contributed by atoms with Crippen LogP contribution in [0.1, 0.15) is 101 Å². The molecule has 2 aromatic carbocycles. The van der Waals surface area contributed by atoms with Crippen LogP contribution in [-0.2, 0) is 20.7 Å². The van der Waals surface area contributed by atoms with Crippen molar-refractivity contribution in [1.29, 1.82) is 0 Å². The Bertz CT molecular complexity index is 1210. The molecule has 3 amide bonds. The van der Waals surface area contributed by atoms with Crippen molar-refractivity contribution in [2.75, 3.05) is 0 Å². The average molecular weight is 580 g/mol. The van der Waals surface area contributed by atoms with Crippen LogP contribution in [0.15, 0.2) is 42.5 Å². The van der Waals surface area contributed by atoms with E-state index in [0.29, 0.717) is 6.42 Å². The van der Waals surface area contributed by atoms with Crippen LogP contribution in [0.2, 0.25) is 0 Å². The smallest absolute Gasteiger partial charge is 0.408 e. The van der Waals surface area contributed by atoms with Gasteiger partial charge in [0.2, 0.25) is 11.8 Å². The molecule has 230 valence electrons. The minimum atomic E-state index is -1.01. The van der Waals surface area contributed by atoms with Gasteiger partial charge in [0.25, 0.3) is 0 Å². The summed E-state index contributed by atoms with van der Waals surface area (Å²) in [5, 5.41) is 15.9. The molecule has 8 heteroatoms. The number of aromatic hydroxyl groups is 1. The molecule has 2 aromatic rings. The molecule has 0 aliphatic heterocycles. The number of nitrogens with zero attached hydrogens (tertiary/aromatic N) is 1. The van der Waals surface area contributed by atoms with Gasteiger partial charge in [-0.2, -0.15) is 0 Å². The highest BCUT2D eigenvalue weighted by Crippen LogP contribution is 2.31. The Kier molecular flexibility index (Phi) is 11.4. The highest BCUT2D eigenvalue weighted by atomic mass is 16.6. The van der Waals surface area contributed by atoms with Crippen molar-refractivity contribution in [3.05, 3.63) is 64.7 Å². The normalized spacial score (nSPS) is 16.2. The van der Waals surface area contributed by atoms with Crippen molar-refractivity contribution in [2.24, 2.45) is 0 Å². The van der Waals surface area contributed by atoms with E-state index in [-0.39, 0.29) is 36.1 Å². The summed E-state index contributed by atoms with van der Waals surface area (Å²) >= 11 is 0. The maximum atomic E-state index is 14.7. The summed E-state index contributed by atoms with van der Waals surface area (Å²) < 4.78 is 5.53. The lowest BCUT2D eigenvalue weighted by molar-refractivity contribution is -0.145. The summed E-state index contributed by atoms with van der Waals surface area (Å²) in [4.78, 5) is 43.5. The molecule has 0 bridgehead atoms.